The Bertz CT molecular complexity index is 991. The van der Waals surface area contributed by atoms with Gasteiger partial charge in [-0.25, -0.2) is 17.6 Å². The standard InChI is InChI=1S/C17H17FN2O6S/c1-10(21)19-14-9-12(5-7-15(14)25-2)20-27(23,24)16-8-11(17(22)26-3)4-6-13(16)18/h4-9,20H,1-3H3,(H,19,21). The molecule has 0 bridgehead atoms. The summed E-state index contributed by atoms with van der Waals surface area (Å²) in [6, 6.07) is 6.98. The Morgan fingerprint density at radius 3 is 2.37 bits per heavy atom. The largest absolute Gasteiger partial charge is 0.495 e. The summed E-state index contributed by atoms with van der Waals surface area (Å²) >= 11 is 0. The SMILES string of the molecule is COC(=O)c1ccc(F)c(S(=O)(=O)Nc2ccc(OC)c(NC(C)=O)c2)c1. The van der Waals surface area contributed by atoms with Crippen LogP contribution in [0.5, 0.6) is 5.75 Å². The first-order valence-corrected chi connectivity index (χ1v) is 9.02. The molecule has 0 aliphatic carbocycles. The lowest BCUT2D eigenvalue weighted by molar-refractivity contribution is -0.114. The molecule has 0 unspecified atom stereocenters. The van der Waals surface area contributed by atoms with Gasteiger partial charge < -0.3 is 14.8 Å². The first-order valence-electron chi connectivity index (χ1n) is 7.54. The van der Waals surface area contributed by atoms with Gasteiger partial charge >= 0.3 is 5.97 Å². The molecule has 2 aromatic rings. The number of nitrogens with one attached hydrogen (secondary N) is 2. The zero-order chi connectivity index (χ0) is 20.2. The van der Waals surface area contributed by atoms with Gasteiger partial charge in [-0.15, -0.1) is 0 Å². The van der Waals surface area contributed by atoms with Crippen molar-refractivity contribution in [2.24, 2.45) is 0 Å². The summed E-state index contributed by atoms with van der Waals surface area (Å²) in [6.07, 6.45) is 0. The van der Waals surface area contributed by atoms with E-state index in [1.54, 1.807) is 0 Å². The highest BCUT2D eigenvalue weighted by molar-refractivity contribution is 7.92. The van der Waals surface area contributed by atoms with Gasteiger partial charge in [-0.2, -0.15) is 0 Å². The zero-order valence-electron chi connectivity index (χ0n) is 14.7. The molecule has 1 amide bonds. The van der Waals surface area contributed by atoms with Crippen molar-refractivity contribution in [3.05, 3.63) is 47.8 Å². The van der Waals surface area contributed by atoms with Crippen LogP contribution in [0.3, 0.4) is 0 Å². The molecular weight excluding hydrogens is 379 g/mol. The van der Waals surface area contributed by atoms with Gasteiger partial charge in [-0.1, -0.05) is 0 Å². The van der Waals surface area contributed by atoms with Crippen molar-refractivity contribution in [1.29, 1.82) is 0 Å². The molecule has 27 heavy (non-hydrogen) atoms. The number of anilines is 2. The minimum atomic E-state index is -4.36. The molecule has 2 rings (SSSR count). The topological polar surface area (TPSA) is 111 Å². The maximum absolute atomic E-state index is 14.1. The summed E-state index contributed by atoms with van der Waals surface area (Å²) in [7, 11) is -1.85. The number of carbonyl (C=O) groups excluding carboxylic acids is 2. The van der Waals surface area contributed by atoms with Crippen molar-refractivity contribution in [3.63, 3.8) is 0 Å². The number of hydrogen-bond acceptors (Lipinski definition) is 6. The smallest absolute Gasteiger partial charge is 0.337 e. The molecule has 0 aliphatic rings. The molecule has 0 heterocycles. The number of esters is 1. The molecule has 0 aliphatic heterocycles. The van der Waals surface area contributed by atoms with E-state index in [9.17, 15) is 22.4 Å². The van der Waals surface area contributed by atoms with Crippen LogP contribution in [0.25, 0.3) is 0 Å². The minimum absolute atomic E-state index is 0.0578. The summed E-state index contributed by atoms with van der Waals surface area (Å²) in [6.45, 7) is 1.28. The molecule has 0 spiro atoms. The summed E-state index contributed by atoms with van der Waals surface area (Å²) in [5, 5.41) is 2.50. The average molecular weight is 396 g/mol. The van der Waals surface area contributed by atoms with E-state index in [1.165, 1.54) is 32.2 Å². The zero-order valence-corrected chi connectivity index (χ0v) is 15.5. The lowest BCUT2D eigenvalue weighted by Gasteiger charge is -2.13. The highest BCUT2D eigenvalue weighted by Crippen LogP contribution is 2.29. The van der Waals surface area contributed by atoms with E-state index in [1.807, 2.05) is 0 Å². The number of amides is 1. The number of sulfonamides is 1. The summed E-state index contributed by atoms with van der Waals surface area (Å²) in [5.74, 6) is -1.91. The maximum Gasteiger partial charge on any atom is 0.337 e. The lowest BCUT2D eigenvalue weighted by Crippen LogP contribution is -2.16. The van der Waals surface area contributed by atoms with Gasteiger partial charge in [0.15, 0.2) is 0 Å². The van der Waals surface area contributed by atoms with E-state index >= 15 is 0 Å². The molecular formula is C17H17FN2O6S. The van der Waals surface area contributed by atoms with Crippen LogP contribution in [0.15, 0.2) is 41.3 Å². The van der Waals surface area contributed by atoms with Gasteiger partial charge in [-0.05, 0) is 36.4 Å². The van der Waals surface area contributed by atoms with Gasteiger partial charge in [-0.3, -0.25) is 9.52 Å². The molecule has 0 radical (unpaired) electrons. The van der Waals surface area contributed by atoms with Crippen LogP contribution in [0.4, 0.5) is 15.8 Å². The van der Waals surface area contributed by atoms with E-state index in [0.717, 1.165) is 25.3 Å². The van der Waals surface area contributed by atoms with Gasteiger partial charge in [0.25, 0.3) is 10.0 Å². The number of benzene rings is 2. The Hall–Kier alpha value is -3.14. The van der Waals surface area contributed by atoms with Crippen LogP contribution in [0.2, 0.25) is 0 Å². The van der Waals surface area contributed by atoms with Crippen LogP contribution in [-0.2, 0) is 19.6 Å². The van der Waals surface area contributed by atoms with Gasteiger partial charge in [0.2, 0.25) is 5.91 Å². The lowest BCUT2D eigenvalue weighted by atomic mass is 10.2. The predicted octanol–water partition coefficient (Wildman–Crippen LogP) is 2.38. The number of halogens is 1. The molecule has 2 N–H and O–H groups in total. The third-order valence-electron chi connectivity index (χ3n) is 3.40. The molecule has 0 saturated carbocycles. The van der Waals surface area contributed by atoms with Crippen LogP contribution in [-0.4, -0.2) is 34.5 Å². The van der Waals surface area contributed by atoms with Crippen LogP contribution in [0.1, 0.15) is 17.3 Å². The van der Waals surface area contributed by atoms with Crippen molar-refractivity contribution in [2.45, 2.75) is 11.8 Å². The monoisotopic (exact) mass is 396 g/mol. The van der Waals surface area contributed by atoms with Crippen LogP contribution >= 0.6 is 0 Å². The number of ether oxygens (including phenoxy) is 2. The predicted molar refractivity (Wildman–Crippen MR) is 95.8 cm³/mol. The fourth-order valence-corrected chi connectivity index (χ4v) is 3.38. The number of carbonyl (C=O) groups is 2. The highest BCUT2D eigenvalue weighted by Gasteiger charge is 2.22. The fourth-order valence-electron chi connectivity index (χ4n) is 2.22. The second-order valence-corrected chi connectivity index (χ2v) is 6.99. The maximum atomic E-state index is 14.1. The summed E-state index contributed by atoms with van der Waals surface area (Å²) in [4.78, 5) is 22.1. The number of rotatable bonds is 6. The Labute approximate surface area is 155 Å². The summed E-state index contributed by atoms with van der Waals surface area (Å²) < 4.78 is 51.0. The second kappa shape index (κ2) is 8.04. The third kappa shape index (κ3) is 4.73. The molecule has 10 heteroatoms. The molecule has 0 atom stereocenters. The summed E-state index contributed by atoms with van der Waals surface area (Å²) in [5.41, 5.74) is 0.171. The second-order valence-electron chi connectivity index (χ2n) is 5.34. The quantitative estimate of drug-likeness (QED) is 0.726. The van der Waals surface area contributed by atoms with E-state index in [4.69, 9.17) is 4.74 Å². The van der Waals surface area contributed by atoms with Crippen molar-refractivity contribution >= 4 is 33.3 Å². The molecule has 8 nitrogen and oxygen atoms in total. The molecule has 0 aromatic heterocycles. The molecule has 2 aromatic carbocycles. The van der Waals surface area contributed by atoms with Crippen molar-refractivity contribution < 1.29 is 31.9 Å². The van der Waals surface area contributed by atoms with Crippen molar-refractivity contribution in [2.75, 3.05) is 24.3 Å². The third-order valence-corrected chi connectivity index (χ3v) is 4.80. The Balaban J connectivity index is 2.42. The average Bonchev–Trinajstić information content (AvgIpc) is 2.60. The van der Waals surface area contributed by atoms with Crippen molar-refractivity contribution in [1.82, 2.24) is 0 Å². The van der Waals surface area contributed by atoms with Crippen molar-refractivity contribution in [3.8, 4) is 5.75 Å². The van der Waals surface area contributed by atoms with Gasteiger partial charge in [0.1, 0.15) is 16.5 Å². The van der Waals surface area contributed by atoms with Crippen LogP contribution in [0, 0.1) is 5.82 Å². The Morgan fingerprint density at radius 2 is 1.78 bits per heavy atom. The first kappa shape index (κ1) is 20.2. The molecule has 144 valence electrons. The van der Waals surface area contributed by atoms with Gasteiger partial charge in [0, 0.05) is 6.92 Å². The highest BCUT2D eigenvalue weighted by atomic mass is 32.2. The Morgan fingerprint density at radius 1 is 1.07 bits per heavy atom. The van der Waals surface area contributed by atoms with E-state index in [0.29, 0.717) is 5.75 Å². The Kier molecular flexibility index (Phi) is 6.01. The normalized spacial score (nSPS) is 10.8. The van der Waals surface area contributed by atoms with E-state index in [-0.39, 0.29) is 22.8 Å². The van der Waals surface area contributed by atoms with E-state index < -0.39 is 26.7 Å². The fraction of sp³-hybridized carbons (Fsp3) is 0.176. The van der Waals surface area contributed by atoms with Gasteiger partial charge in [0.05, 0.1) is 31.2 Å². The molecule has 0 fully saturated rings. The molecule has 0 saturated heterocycles. The van der Waals surface area contributed by atoms with Crippen LogP contribution < -0.4 is 14.8 Å². The first-order chi connectivity index (χ1) is 12.7. The number of methoxy groups -OCH3 is 2. The van der Waals surface area contributed by atoms with E-state index in [2.05, 4.69) is 14.8 Å². The minimum Gasteiger partial charge on any atom is -0.495 e. The number of hydrogen-bond donors (Lipinski definition) is 2.